The summed E-state index contributed by atoms with van der Waals surface area (Å²) in [4.78, 5) is 0. The summed E-state index contributed by atoms with van der Waals surface area (Å²) in [6, 6.07) is 19.2. The van der Waals surface area contributed by atoms with Crippen LogP contribution in [0, 0.1) is 0 Å². The van der Waals surface area contributed by atoms with Crippen molar-refractivity contribution in [3.63, 3.8) is 0 Å². The van der Waals surface area contributed by atoms with E-state index in [2.05, 4.69) is 0 Å². The lowest BCUT2D eigenvalue weighted by molar-refractivity contribution is 0.250. The van der Waals surface area contributed by atoms with Crippen molar-refractivity contribution in [1.29, 1.82) is 0 Å². The second-order valence-corrected chi connectivity index (χ2v) is 4.75. The molecule has 0 fully saturated rings. The van der Waals surface area contributed by atoms with Gasteiger partial charge in [-0.1, -0.05) is 78.9 Å². The molecule has 0 N–H and O–H groups in total. The van der Waals surface area contributed by atoms with Gasteiger partial charge in [0.25, 0.3) is 0 Å². The number of halogens is 1. The van der Waals surface area contributed by atoms with Crippen LogP contribution in [0.2, 0.25) is 0 Å². The van der Waals surface area contributed by atoms with Crippen LogP contribution in [0.25, 0.3) is 5.57 Å². The van der Waals surface area contributed by atoms with E-state index in [1.165, 1.54) is 0 Å². The van der Waals surface area contributed by atoms with Crippen LogP contribution in [-0.4, -0.2) is 0 Å². The summed E-state index contributed by atoms with van der Waals surface area (Å²) in [7, 11) is 0. The maximum Gasteiger partial charge on any atom is 0.165 e. The zero-order valence-corrected chi connectivity index (χ0v) is 10.6. The summed E-state index contributed by atoms with van der Waals surface area (Å²) in [5.74, 6) is 0. The van der Waals surface area contributed by atoms with Crippen molar-refractivity contribution >= 4 is 5.57 Å². The Morgan fingerprint density at radius 3 is 2.16 bits per heavy atom. The lowest BCUT2D eigenvalue weighted by atomic mass is 9.79. The molecule has 0 aliphatic heterocycles. The number of allylic oxidation sites excluding steroid dienone is 4. The van der Waals surface area contributed by atoms with Crippen molar-refractivity contribution in [2.45, 2.75) is 12.1 Å². The average Bonchev–Trinajstić information content (AvgIpc) is 2.49. The minimum Gasteiger partial charge on any atom is -0.233 e. The van der Waals surface area contributed by atoms with Gasteiger partial charge in [0.05, 0.1) is 0 Å². The third-order valence-electron chi connectivity index (χ3n) is 3.54. The van der Waals surface area contributed by atoms with Crippen LogP contribution in [0.5, 0.6) is 0 Å². The summed E-state index contributed by atoms with van der Waals surface area (Å²) in [5.41, 5.74) is 0.964. The molecule has 1 aliphatic carbocycles. The van der Waals surface area contributed by atoms with Gasteiger partial charge in [0, 0.05) is 12.0 Å². The van der Waals surface area contributed by atoms with E-state index in [0.29, 0.717) is 6.42 Å². The number of hydrogen-bond donors (Lipinski definition) is 0. The molecular formula is C18H15F. The van der Waals surface area contributed by atoms with Crippen LogP contribution in [0.4, 0.5) is 4.39 Å². The van der Waals surface area contributed by atoms with Crippen LogP contribution < -0.4 is 0 Å². The Labute approximate surface area is 112 Å². The highest BCUT2D eigenvalue weighted by Crippen LogP contribution is 2.44. The normalized spacial score (nSPS) is 22.1. The molecular weight excluding hydrogens is 235 g/mol. The van der Waals surface area contributed by atoms with E-state index >= 15 is 4.39 Å². The van der Waals surface area contributed by atoms with Crippen molar-refractivity contribution in [2.24, 2.45) is 0 Å². The SMILES string of the molecule is FC1(c2ccccc2)CC=CC=C1c1ccccc1. The maximum atomic E-state index is 15.5. The van der Waals surface area contributed by atoms with Crippen LogP contribution in [0.1, 0.15) is 17.5 Å². The predicted molar refractivity (Wildman–Crippen MR) is 77.4 cm³/mol. The minimum absolute atomic E-state index is 0.387. The standard InChI is InChI=1S/C18H15F/c19-18(16-11-5-2-6-12-16)14-8-7-13-17(18)15-9-3-1-4-10-15/h1-13H,14H2. The first kappa shape index (κ1) is 11.9. The number of hydrogen-bond acceptors (Lipinski definition) is 0. The first-order valence-corrected chi connectivity index (χ1v) is 6.48. The van der Waals surface area contributed by atoms with Gasteiger partial charge in [-0.3, -0.25) is 0 Å². The fourth-order valence-electron chi connectivity index (χ4n) is 2.56. The largest absolute Gasteiger partial charge is 0.233 e. The molecule has 1 aliphatic rings. The van der Waals surface area contributed by atoms with Gasteiger partial charge in [0.2, 0.25) is 0 Å². The lowest BCUT2D eigenvalue weighted by Gasteiger charge is -2.30. The van der Waals surface area contributed by atoms with E-state index in [1.54, 1.807) is 0 Å². The first-order valence-electron chi connectivity index (χ1n) is 6.48. The summed E-state index contributed by atoms with van der Waals surface area (Å²) in [6.45, 7) is 0. The van der Waals surface area contributed by atoms with Gasteiger partial charge in [-0.15, -0.1) is 0 Å². The molecule has 0 amide bonds. The maximum absolute atomic E-state index is 15.5. The summed E-state index contributed by atoms with van der Waals surface area (Å²) < 4.78 is 15.5. The minimum atomic E-state index is -1.43. The van der Waals surface area contributed by atoms with Crippen LogP contribution in [0.15, 0.2) is 78.9 Å². The third-order valence-corrected chi connectivity index (χ3v) is 3.54. The Kier molecular flexibility index (Phi) is 3.04. The number of rotatable bonds is 2. The summed E-state index contributed by atoms with van der Waals surface area (Å²) in [5, 5.41) is 0. The molecule has 2 aromatic carbocycles. The van der Waals surface area contributed by atoms with Gasteiger partial charge in [-0.25, -0.2) is 4.39 Å². The van der Waals surface area contributed by atoms with Gasteiger partial charge in [0.1, 0.15) is 0 Å². The van der Waals surface area contributed by atoms with E-state index in [1.807, 2.05) is 78.9 Å². The molecule has 1 atom stereocenters. The molecule has 19 heavy (non-hydrogen) atoms. The highest BCUT2D eigenvalue weighted by Gasteiger charge is 2.36. The molecule has 0 saturated carbocycles. The Balaban J connectivity index is 2.11. The molecule has 94 valence electrons. The van der Waals surface area contributed by atoms with Crippen LogP contribution >= 0.6 is 0 Å². The quantitative estimate of drug-likeness (QED) is 0.711. The molecule has 0 heterocycles. The smallest absolute Gasteiger partial charge is 0.165 e. The second kappa shape index (κ2) is 4.85. The summed E-state index contributed by atoms with van der Waals surface area (Å²) >= 11 is 0. The zero-order chi connectivity index (χ0) is 13.1. The number of alkyl halides is 1. The molecule has 0 spiro atoms. The van der Waals surface area contributed by atoms with Crippen molar-refractivity contribution < 1.29 is 4.39 Å². The molecule has 0 nitrogen and oxygen atoms in total. The Morgan fingerprint density at radius 1 is 0.842 bits per heavy atom. The van der Waals surface area contributed by atoms with Crippen molar-refractivity contribution in [1.82, 2.24) is 0 Å². The van der Waals surface area contributed by atoms with Crippen molar-refractivity contribution in [3.05, 3.63) is 90.0 Å². The highest BCUT2D eigenvalue weighted by molar-refractivity contribution is 5.76. The van der Waals surface area contributed by atoms with E-state index in [9.17, 15) is 0 Å². The monoisotopic (exact) mass is 250 g/mol. The van der Waals surface area contributed by atoms with Gasteiger partial charge < -0.3 is 0 Å². The average molecular weight is 250 g/mol. The molecule has 1 unspecified atom stereocenters. The van der Waals surface area contributed by atoms with E-state index < -0.39 is 5.67 Å². The molecule has 0 saturated heterocycles. The van der Waals surface area contributed by atoms with Crippen LogP contribution in [0.3, 0.4) is 0 Å². The van der Waals surface area contributed by atoms with Gasteiger partial charge in [0.15, 0.2) is 5.67 Å². The summed E-state index contributed by atoms with van der Waals surface area (Å²) in [6.07, 6.45) is 6.09. The van der Waals surface area contributed by atoms with Crippen LogP contribution in [-0.2, 0) is 5.67 Å². The number of benzene rings is 2. The van der Waals surface area contributed by atoms with Gasteiger partial charge in [-0.05, 0) is 11.1 Å². The Hall–Kier alpha value is -2.15. The Bertz CT molecular complexity index is 611. The highest BCUT2D eigenvalue weighted by atomic mass is 19.1. The topological polar surface area (TPSA) is 0 Å². The predicted octanol–water partition coefficient (Wildman–Crippen LogP) is 4.89. The molecule has 3 rings (SSSR count). The molecule has 0 bridgehead atoms. The molecule has 1 heteroatoms. The molecule has 2 aromatic rings. The third kappa shape index (κ3) is 2.12. The fraction of sp³-hybridized carbons (Fsp3) is 0.111. The zero-order valence-electron chi connectivity index (χ0n) is 10.6. The van der Waals surface area contributed by atoms with Crippen molar-refractivity contribution in [2.75, 3.05) is 0 Å². The van der Waals surface area contributed by atoms with Crippen molar-refractivity contribution in [3.8, 4) is 0 Å². The van der Waals surface area contributed by atoms with Gasteiger partial charge >= 0.3 is 0 Å². The molecule has 0 radical (unpaired) electrons. The Morgan fingerprint density at radius 2 is 1.47 bits per heavy atom. The van der Waals surface area contributed by atoms with Gasteiger partial charge in [-0.2, -0.15) is 0 Å². The van der Waals surface area contributed by atoms with E-state index in [0.717, 1.165) is 16.7 Å². The molecule has 0 aromatic heterocycles. The van der Waals surface area contributed by atoms with E-state index in [-0.39, 0.29) is 0 Å². The lowest BCUT2D eigenvalue weighted by Crippen LogP contribution is -2.23. The second-order valence-electron chi connectivity index (χ2n) is 4.75. The first-order chi connectivity index (χ1) is 9.31. The fourth-order valence-corrected chi connectivity index (χ4v) is 2.56. The van der Waals surface area contributed by atoms with E-state index in [4.69, 9.17) is 0 Å².